The molecule has 3 aromatic rings. The summed E-state index contributed by atoms with van der Waals surface area (Å²) in [5, 5.41) is 12.4. The fraction of sp³-hybridized carbons (Fsp3) is 0.250. The van der Waals surface area contributed by atoms with Crippen molar-refractivity contribution < 1.29 is 9.53 Å². The molecule has 0 bridgehead atoms. The number of hydrogen-bond donors (Lipinski definition) is 2. The van der Waals surface area contributed by atoms with Gasteiger partial charge in [-0.3, -0.25) is 4.79 Å². The lowest BCUT2D eigenvalue weighted by Crippen LogP contribution is -2.36. The zero-order valence-corrected chi connectivity index (χ0v) is 15.8. The monoisotopic (exact) mass is 395 g/mol. The van der Waals surface area contributed by atoms with Gasteiger partial charge < -0.3 is 19.9 Å². The number of halogens is 1. The summed E-state index contributed by atoms with van der Waals surface area (Å²) in [6, 6.07) is 12.8. The van der Waals surface area contributed by atoms with Crippen LogP contribution in [0.5, 0.6) is 0 Å². The second-order valence-corrected chi connectivity index (χ2v) is 6.95. The molecule has 8 heteroatoms. The van der Waals surface area contributed by atoms with Crippen LogP contribution in [-0.4, -0.2) is 42.2 Å². The van der Waals surface area contributed by atoms with Crippen molar-refractivity contribution in [2.24, 2.45) is 0 Å². The number of imidazole rings is 1. The maximum Gasteiger partial charge on any atom is 0.231 e. The van der Waals surface area contributed by atoms with Gasteiger partial charge in [-0.15, -0.1) is 0 Å². The van der Waals surface area contributed by atoms with E-state index in [9.17, 15) is 10.1 Å². The Morgan fingerprint density at radius 2 is 2.11 bits per heavy atom. The molecule has 28 heavy (non-hydrogen) atoms. The first-order valence-corrected chi connectivity index (χ1v) is 9.31. The van der Waals surface area contributed by atoms with Gasteiger partial charge in [0.2, 0.25) is 5.91 Å². The van der Waals surface area contributed by atoms with Crippen molar-refractivity contribution in [2.75, 3.05) is 36.5 Å². The van der Waals surface area contributed by atoms with Gasteiger partial charge in [-0.1, -0.05) is 11.6 Å². The lowest BCUT2D eigenvalue weighted by Gasteiger charge is -2.28. The van der Waals surface area contributed by atoms with Crippen LogP contribution in [0.2, 0.25) is 5.02 Å². The molecule has 0 aliphatic carbocycles. The van der Waals surface area contributed by atoms with Crippen molar-refractivity contribution in [3.05, 3.63) is 52.8 Å². The number of nitriles is 1. The number of amides is 1. The van der Waals surface area contributed by atoms with Crippen molar-refractivity contribution in [1.29, 1.82) is 5.26 Å². The second kappa shape index (κ2) is 7.89. The molecule has 142 valence electrons. The van der Waals surface area contributed by atoms with Gasteiger partial charge in [-0.2, -0.15) is 5.26 Å². The lowest BCUT2D eigenvalue weighted by atomic mass is 10.2. The quantitative estimate of drug-likeness (QED) is 0.707. The number of anilines is 2. The SMILES string of the molecule is N#Cc1cc(Cl)ccc1NC(=O)Cc1nc2cc(N3CCOCC3)ccc2[nH]1. The Bertz CT molecular complexity index is 1070. The minimum atomic E-state index is -0.258. The maximum atomic E-state index is 12.4. The number of aromatic nitrogens is 2. The Hall–Kier alpha value is -3.08. The second-order valence-electron chi connectivity index (χ2n) is 6.51. The molecule has 0 unspecified atom stereocenters. The normalized spacial score (nSPS) is 14.1. The molecule has 1 fully saturated rings. The largest absolute Gasteiger partial charge is 0.378 e. The topological polar surface area (TPSA) is 94.0 Å². The maximum absolute atomic E-state index is 12.4. The Balaban J connectivity index is 1.48. The van der Waals surface area contributed by atoms with Gasteiger partial charge in [0.25, 0.3) is 0 Å². The van der Waals surface area contributed by atoms with Gasteiger partial charge in [0.15, 0.2) is 0 Å². The van der Waals surface area contributed by atoms with Crippen molar-refractivity contribution in [3.63, 3.8) is 0 Å². The van der Waals surface area contributed by atoms with Crippen LogP contribution >= 0.6 is 11.6 Å². The summed E-state index contributed by atoms with van der Waals surface area (Å²) >= 11 is 5.89. The van der Waals surface area contributed by atoms with E-state index in [0.29, 0.717) is 22.1 Å². The van der Waals surface area contributed by atoms with E-state index in [1.165, 1.54) is 6.07 Å². The standard InChI is InChI=1S/C20H18ClN5O2/c21-14-1-3-16(13(9-14)12-22)25-20(27)11-19-23-17-4-2-15(10-18(17)24-19)26-5-7-28-8-6-26/h1-4,9-10H,5-8,11H2,(H,23,24)(H,25,27). The highest BCUT2D eigenvalue weighted by Gasteiger charge is 2.14. The summed E-state index contributed by atoms with van der Waals surface area (Å²) in [5.41, 5.74) is 3.54. The Morgan fingerprint density at radius 3 is 2.89 bits per heavy atom. The highest BCUT2D eigenvalue weighted by atomic mass is 35.5. The number of benzene rings is 2. The lowest BCUT2D eigenvalue weighted by molar-refractivity contribution is -0.115. The van der Waals surface area contributed by atoms with Gasteiger partial charge in [0, 0.05) is 23.8 Å². The molecule has 1 amide bonds. The van der Waals surface area contributed by atoms with Crippen molar-refractivity contribution in [1.82, 2.24) is 9.97 Å². The number of H-pyrrole nitrogens is 1. The zero-order chi connectivity index (χ0) is 19.5. The molecule has 4 rings (SSSR count). The first-order valence-electron chi connectivity index (χ1n) is 8.93. The van der Waals surface area contributed by atoms with Crippen molar-refractivity contribution >= 4 is 39.9 Å². The van der Waals surface area contributed by atoms with Crippen LogP contribution in [0.1, 0.15) is 11.4 Å². The summed E-state index contributed by atoms with van der Waals surface area (Å²) in [5.74, 6) is 0.311. The van der Waals surface area contributed by atoms with E-state index in [1.54, 1.807) is 12.1 Å². The number of aromatic amines is 1. The zero-order valence-electron chi connectivity index (χ0n) is 15.0. The number of nitrogens with zero attached hydrogens (tertiary/aromatic N) is 3. The molecule has 0 radical (unpaired) electrons. The molecule has 7 nitrogen and oxygen atoms in total. The fourth-order valence-corrected chi connectivity index (χ4v) is 3.39. The predicted molar refractivity (Wildman–Crippen MR) is 108 cm³/mol. The van der Waals surface area contributed by atoms with Crippen LogP contribution in [0.15, 0.2) is 36.4 Å². The van der Waals surface area contributed by atoms with Gasteiger partial charge >= 0.3 is 0 Å². The number of carbonyl (C=O) groups excluding carboxylic acids is 1. The first-order chi connectivity index (χ1) is 13.6. The minimum Gasteiger partial charge on any atom is -0.378 e. The van der Waals surface area contributed by atoms with E-state index in [2.05, 4.69) is 20.2 Å². The van der Waals surface area contributed by atoms with E-state index in [4.69, 9.17) is 16.3 Å². The summed E-state index contributed by atoms with van der Waals surface area (Å²) in [4.78, 5) is 22.4. The molecule has 0 saturated carbocycles. The third-order valence-electron chi connectivity index (χ3n) is 4.60. The molecule has 2 heterocycles. The summed E-state index contributed by atoms with van der Waals surface area (Å²) in [7, 11) is 0. The summed E-state index contributed by atoms with van der Waals surface area (Å²) < 4.78 is 5.39. The van der Waals surface area contributed by atoms with Gasteiger partial charge in [0.05, 0.1) is 41.9 Å². The van der Waals surface area contributed by atoms with Crippen LogP contribution < -0.4 is 10.2 Å². The van der Waals surface area contributed by atoms with Crippen molar-refractivity contribution in [3.8, 4) is 6.07 Å². The third kappa shape index (κ3) is 3.93. The predicted octanol–water partition coefficient (Wildman–Crippen LogP) is 3.11. The molecule has 0 atom stereocenters. The van der Waals surface area contributed by atoms with Crippen LogP contribution in [-0.2, 0) is 16.0 Å². The third-order valence-corrected chi connectivity index (χ3v) is 4.83. The smallest absolute Gasteiger partial charge is 0.231 e. The van der Waals surface area contributed by atoms with Crippen LogP contribution in [0.25, 0.3) is 11.0 Å². The average Bonchev–Trinajstić information content (AvgIpc) is 3.11. The van der Waals surface area contributed by atoms with E-state index >= 15 is 0 Å². The van der Waals surface area contributed by atoms with E-state index in [0.717, 1.165) is 43.0 Å². The Kier molecular flexibility index (Phi) is 5.15. The molecule has 1 aliphatic rings. The number of ether oxygens (including phenoxy) is 1. The molecule has 1 aromatic heterocycles. The van der Waals surface area contributed by atoms with Crippen LogP contribution in [0, 0.1) is 11.3 Å². The Labute approximate surface area is 166 Å². The van der Waals surface area contributed by atoms with Gasteiger partial charge in [-0.25, -0.2) is 4.98 Å². The Morgan fingerprint density at radius 1 is 1.29 bits per heavy atom. The molecule has 2 N–H and O–H groups in total. The number of fused-ring (bicyclic) bond motifs is 1. The highest BCUT2D eigenvalue weighted by molar-refractivity contribution is 6.30. The van der Waals surface area contributed by atoms with Crippen LogP contribution in [0.3, 0.4) is 0 Å². The molecular weight excluding hydrogens is 378 g/mol. The van der Waals surface area contributed by atoms with Gasteiger partial charge in [0.1, 0.15) is 11.9 Å². The number of rotatable bonds is 4. The summed E-state index contributed by atoms with van der Waals surface area (Å²) in [6.07, 6.45) is 0.0784. The number of hydrogen-bond acceptors (Lipinski definition) is 5. The van der Waals surface area contributed by atoms with E-state index < -0.39 is 0 Å². The number of carbonyl (C=O) groups is 1. The molecule has 1 aliphatic heterocycles. The first kappa shape index (κ1) is 18.3. The van der Waals surface area contributed by atoms with Gasteiger partial charge in [-0.05, 0) is 36.4 Å². The highest BCUT2D eigenvalue weighted by Crippen LogP contribution is 2.23. The van der Waals surface area contributed by atoms with Crippen LogP contribution in [0.4, 0.5) is 11.4 Å². The van der Waals surface area contributed by atoms with E-state index in [-0.39, 0.29) is 12.3 Å². The average molecular weight is 396 g/mol. The van der Waals surface area contributed by atoms with E-state index in [1.807, 2.05) is 24.3 Å². The molecule has 2 aromatic carbocycles. The summed E-state index contributed by atoms with van der Waals surface area (Å²) in [6.45, 7) is 3.15. The molecular formula is C20H18ClN5O2. The molecule has 1 saturated heterocycles. The van der Waals surface area contributed by atoms with Crippen molar-refractivity contribution in [2.45, 2.75) is 6.42 Å². The number of morpholine rings is 1. The number of nitrogens with one attached hydrogen (secondary N) is 2. The fourth-order valence-electron chi connectivity index (χ4n) is 3.21. The minimum absolute atomic E-state index is 0.0784. The molecule has 0 spiro atoms.